The number of aryl methyl sites for hydroxylation is 1. The Kier molecular flexibility index (Phi) is 8.13. The molecule has 2 aromatic rings. The molecule has 1 aromatic carbocycles. The Morgan fingerprint density at radius 3 is 2.65 bits per heavy atom. The normalized spacial score (nSPS) is 15.9. The number of aromatic nitrogens is 3. The van der Waals surface area contributed by atoms with Crippen LogP contribution in [0.2, 0.25) is 0 Å². The Hall–Kier alpha value is -3.15. The van der Waals surface area contributed by atoms with Gasteiger partial charge in [-0.05, 0) is 43.0 Å². The van der Waals surface area contributed by atoms with Crippen LogP contribution in [0, 0.1) is 12.8 Å². The van der Waals surface area contributed by atoms with Crippen molar-refractivity contribution in [1.82, 2.24) is 20.3 Å². The van der Waals surface area contributed by atoms with Crippen molar-refractivity contribution in [3.8, 4) is 0 Å². The van der Waals surface area contributed by atoms with Crippen LogP contribution in [0.5, 0.6) is 0 Å². The van der Waals surface area contributed by atoms with Gasteiger partial charge in [-0.15, -0.1) is 0 Å². The molecule has 1 aliphatic rings. The Labute approximate surface area is 196 Å². The summed E-state index contributed by atoms with van der Waals surface area (Å²) in [4.78, 5) is 26.6. The second-order valence-corrected chi connectivity index (χ2v) is 8.74. The SMILES string of the molecule is Cc1ccc(COC(=O)C(F)(F)F)cc1Nc1nc(N[C@H]2CCNC2)nc(N(C)CC(C)C)n1. The number of rotatable bonds is 9. The van der Waals surface area contributed by atoms with Crippen LogP contribution in [0.4, 0.5) is 36.7 Å². The molecule has 9 nitrogen and oxygen atoms in total. The number of halogens is 3. The maximum Gasteiger partial charge on any atom is 0.490 e. The lowest BCUT2D eigenvalue weighted by atomic mass is 10.1. The third kappa shape index (κ3) is 7.17. The molecule has 0 saturated carbocycles. The third-order valence-electron chi connectivity index (χ3n) is 5.15. The first kappa shape index (κ1) is 25.5. The molecule has 3 rings (SSSR count). The van der Waals surface area contributed by atoms with E-state index in [1.165, 1.54) is 0 Å². The number of nitrogens with one attached hydrogen (secondary N) is 3. The molecule has 0 unspecified atom stereocenters. The van der Waals surface area contributed by atoms with Gasteiger partial charge in [0.05, 0.1) is 0 Å². The van der Waals surface area contributed by atoms with Crippen LogP contribution in [0.15, 0.2) is 18.2 Å². The zero-order valence-electron chi connectivity index (χ0n) is 19.7. The van der Waals surface area contributed by atoms with Crippen LogP contribution in [0.25, 0.3) is 0 Å². The van der Waals surface area contributed by atoms with Crippen molar-refractivity contribution in [3.05, 3.63) is 29.3 Å². The Balaban J connectivity index is 1.82. The van der Waals surface area contributed by atoms with Crippen molar-refractivity contribution < 1.29 is 22.7 Å². The summed E-state index contributed by atoms with van der Waals surface area (Å²) in [6, 6.07) is 5.12. The summed E-state index contributed by atoms with van der Waals surface area (Å²) >= 11 is 0. The second kappa shape index (κ2) is 10.9. The fourth-order valence-electron chi connectivity index (χ4n) is 3.49. The van der Waals surface area contributed by atoms with Crippen molar-refractivity contribution in [3.63, 3.8) is 0 Å². The third-order valence-corrected chi connectivity index (χ3v) is 5.15. The van der Waals surface area contributed by atoms with Gasteiger partial charge in [-0.1, -0.05) is 26.0 Å². The molecule has 34 heavy (non-hydrogen) atoms. The van der Waals surface area contributed by atoms with E-state index >= 15 is 0 Å². The Bertz CT molecular complexity index is 995. The van der Waals surface area contributed by atoms with Gasteiger partial charge in [0.1, 0.15) is 6.61 Å². The summed E-state index contributed by atoms with van der Waals surface area (Å²) in [5, 5.41) is 9.76. The molecular formula is C22H30F3N7O2. The molecular weight excluding hydrogens is 451 g/mol. The first-order valence-corrected chi connectivity index (χ1v) is 11.1. The van der Waals surface area contributed by atoms with E-state index in [0.29, 0.717) is 35.0 Å². The zero-order chi connectivity index (χ0) is 24.9. The minimum Gasteiger partial charge on any atom is -0.454 e. The fourth-order valence-corrected chi connectivity index (χ4v) is 3.49. The van der Waals surface area contributed by atoms with E-state index in [1.54, 1.807) is 18.2 Å². The number of nitrogens with zero attached hydrogens (tertiary/aromatic N) is 4. The number of ether oxygens (including phenoxy) is 1. The smallest absolute Gasteiger partial charge is 0.454 e. The quantitative estimate of drug-likeness (QED) is 0.465. The fraction of sp³-hybridized carbons (Fsp3) is 0.545. The topological polar surface area (TPSA) is 104 Å². The van der Waals surface area contributed by atoms with E-state index in [4.69, 9.17) is 0 Å². The van der Waals surface area contributed by atoms with E-state index in [0.717, 1.165) is 31.6 Å². The number of anilines is 4. The molecule has 1 aromatic heterocycles. The van der Waals surface area contributed by atoms with Crippen LogP contribution in [0.1, 0.15) is 31.4 Å². The number of alkyl halides is 3. The minimum atomic E-state index is -5.03. The van der Waals surface area contributed by atoms with Crippen molar-refractivity contribution in [2.45, 2.75) is 46.0 Å². The van der Waals surface area contributed by atoms with Crippen LogP contribution in [-0.4, -0.2) is 59.8 Å². The molecule has 186 valence electrons. The minimum absolute atomic E-state index is 0.201. The van der Waals surface area contributed by atoms with Gasteiger partial charge in [-0.25, -0.2) is 4.79 Å². The lowest BCUT2D eigenvalue weighted by Crippen LogP contribution is -2.27. The van der Waals surface area contributed by atoms with Gasteiger partial charge in [0.2, 0.25) is 17.8 Å². The lowest BCUT2D eigenvalue weighted by molar-refractivity contribution is -0.201. The largest absolute Gasteiger partial charge is 0.490 e. The number of benzene rings is 1. The van der Waals surface area contributed by atoms with E-state index in [9.17, 15) is 18.0 Å². The lowest BCUT2D eigenvalue weighted by Gasteiger charge is -2.21. The van der Waals surface area contributed by atoms with Gasteiger partial charge >= 0.3 is 12.1 Å². The molecule has 3 N–H and O–H groups in total. The summed E-state index contributed by atoms with van der Waals surface area (Å²) in [7, 11) is 1.90. The Morgan fingerprint density at radius 1 is 1.26 bits per heavy atom. The molecule has 1 fully saturated rings. The predicted octanol–water partition coefficient (Wildman–Crippen LogP) is 3.40. The highest BCUT2D eigenvalue weighted by atomic mass is 19.4. The molecule has 0 aliphatic carbocycles. The highest BCUT2D eigenvalue weighted by Gasteiger charge is 2.40. The molecule has 1 atom stereocenters. The van der Waals surface area contributed by atoms with Gasteiger partial charge in [-0.2, -0.15) is 28.1 Å². The second-order valence-electron chi connectivity index (χ2n) is 8.74. The molecule has 1 saturated heterocycles. The molecule has 1 aliphatic heterocycles. The van der Waals surface area contributed by atoms with Gasteiger partial charge < -0.3 is 25.6 Å². The molecule has 0 bridgehead atoms. The number of hydrogen-bond donors (Lipinski definition) is 3. The maximum atomic E-state index is 12.4. The van der Waals surface area contributed by atoms with Crippen LogP contribution in [0.3, 0.4) is 0 Å². The number of hydrogen-bond acceptors (Lipinski definition) is 9. The van der Waals surface area contributed by atoms with Crippen molar-refractivity contribution in [2.24, 2.45) is 5.92 Å². The summed E-state index contributed by atoms with van der Waals surface area (Å²) in [6.45, 7) is 8.00. The van der Waals surface area contributed by atoms with E-state index < -0.39 is 18.8 Å². The number of carbonyl (C=O) groups is 1. The first-order valence-electron chi connectivity index (χ1n) is 11.1. The molecule has 12 heteroatoms. The molecule has 0 amide bonds. The first-order chi connectivity index (χ1) is 16.0. The maximum absolute atomic E-state index is 12.4. The highest BCUT2D eigenvalue weighted by molar-refractivity contribution is 5.75. The summed E-state index contributed by atoms with van der Waals surface area (Å²) in [5.74, 6) is -0.610. The van der Waals surface area contributed by atoms with Gasteiger partial charge in [0.15, 0.2) is 0 Å². The van der Waals surface area contributed by atoms with Gasteiger partial charge in [-0.3, -0.25) is 0 Å². The van der Waals surface area contributed by atoms with Crippen molar-refractivity contribution in [2.75, 3.05) is 42.2 Å². The summed E-state index contributed by atoms with van der Waals surface area (Å²) < 4.78 is 41.6. The highest BCUT2D eigenvalue weighted by Crippen LogP contribution is 2.24. The van der Waals surface area contributed by atoms with Crippen LogP contribution >= 0.6 is 0 Å². The Morgan fingerprint density at radius 2 is 2.00 bits per heavy atom. The molecule has 0 spiro atoms. The van der Waals surface area contributed by atoms with Crippen molar-refractivity contribution in [1.29, 1.82) is 0 Å². The summed E-state index contributed by atoms with van der Waals surface area (Å²) in [6.07, 6.45) is -4.09. The van der Waals surface area contributed by atoms with E-state index in [-0.39, 0.29) is 6.04 Å². The predicted molar refractivity (Wildman–Crippen MR) is 123 cm³/mol. The van der Waals surface area contributed by atoms with E-state index in [1.807, 2.05) is 18.9 Å². The van der Waals surface area contributed by atoms with Gasteiger partial charge in [0, 0.05) is 31.9 Å². The zero-order valence-corrected chi connectivity index (χ0v) is 19.7. The molecule has 0 radical (unpaired) electrons. The van der Waals surface area contributed by atoms with Crippen LogP contribution < -0.4 is 20.9 Å². The summed E-state index contributed by atoms with van der Waals surface area (Å²) in [5.41, 5.74) is 1.79. The van der Waals surface area contributed by atoms with Crippen LogP contribution in [-0.2, 0) is 16.1 Å². The standard InChI is InChI=1S/C22H30F3N7O2/c1-13(2)11-32(4)21-30-19(27-16-7-8-26-10-16)29-20(31-21)28-17-9-15(6-5-14(17)3)12-34-18(33)22(23,24)25/h5-6,9,13,16,26H,7-8,10-12H2,1-4H3,(H2,27,28,29,30,31)/t16-/m0/s1. The molecule has 2 heterocycles. The monoisotopic (exact) mass is 481 g/mol. The number of carbonyl (C=O) groups excluding carboxylic acids is 1. The van der Waals surface area contributed by atoms with E-state index in [2.05, 4.69) is 49.5 Å². The van der Waals surface area contributed by atoms with Gasteiger partial charge in [0.25, 0.3) is 0 Å². The van der Waals surface area contributed by atoms with Crippen molar-refractivity contribution >= 4 is 29.5 Å². The average molecular weight is 482 g/mol. The number of esters is 1. The average Bonchev–Trinajstić information content (AvgIpc) is 3.25.